The van der Waals surface area contributed by atoms with E-state index in [1.54, 1.807) is 0 Å². The number of hydrogen-bond acceptors (Lipinski definition) is 2. The van der Waals surface area contributed by atoms with Crippen molar-refractivity contribution in [3.05, 3.63) is 60.8 Å². The monoisotopic (exact) mass is 397 g/mol. The number of allylic oxidation sites excluding steroid dienone is 10. The third-order valence-electron chi connectivity index (χ3n) is 4.19. The molecule has 0 aliphatic carbocycles. The van der Waals surface area contributed by atoms with Gasteiger partial charge in [-0.1, -0.05) is 74.6 Å². The van der Waals surface area contributed by atoms with Crippen LogP contribution in [-0.2, 0) is 4.79 Å². The number of rotatable bonds is 16. The minimum Gasteiger partial charge on any atom is -0.387 e. The fourth-order valence-corrected chi connectivity index (χ4v) is 2.43. The molecule has 0 spiro atoms. The van der Waals surface area contributed by atoms with Crippen LogP contribution in [0.3, 0.4) is 0 Å². The number of nitrogens with zero attached hydrogens (tertiary/aromatic N) is 1. The van der Waals surface area contributed by atoms with Crippen molar-refractivity contribution >= 4 is 18.0 Å². The summed E-state index contributed by atoms with van der Waals surface area (Å²) in [5.41, 5.74) is 5.75. The number of nitrogens with one attached hydrogen (secondary N) is 1. The molecule has 0 bridgehead atoms. The third-order valence-corrected chi connectivity index (χ3v) is 4.19. The predicted octanol–water partition coefficient (Wildman–Crippen LogP) is 6.47. The van der Waals surface area contributed by atoms with Gasteiger partial charge in [-0.3, -0.25) is 4.79 Å². The van der Waals surface area contributed by atoms with Gasteiger partial charge in [0.05, 0.1) is 5.92 Å². The fourth-order valence-electron chi connectivity index (χ4n) is 2.43. The zero-order valence-electron chi connectivity index (χ0n) is 18.2. The molecule has 0 saturated heterocycles. The topological polar surface area (TPSA) is 79.3 Å². The van der Waals surface area contributed by atoms with Gasteiger partial charge in [-0.2, -0.15) is 0 Å². The van der Waals surface area contributed by atoms with Gasteiger partial charge < -0.3 is 11.1 Å². The van der Waals surface area contributed by atoms with Crippen molar-refractivity contribution in [1.29, 1.82) is 5.41 Å². The van der Waals surface area contributed by atoms with Crippen LogP contribution in [0.2, 0.25) is 0 Å². The van der Waals surface area contributed by atoms with Crippen molar-refractivity contribution in [2.24, 2.45) is 16.6 Å². The maximum Gasteiger partial charge on any atom is 0.247 e. The number of unbranched alkanes of at least 4 members (excludes halogenated alkanes) is 1. The minimum absolute atomic E-state index is 0.199. The maximum atomic E-state index is 11.8. The van der Waals surface area contributed by atoms with Gasteiger partial charge in [0.15, 0.2) is 0 Å². The van der Waals surface area contributed by atoms with Gasteiger partial charge in [-0.05, 0) is 51.4 Å². The highest BCUT2D eigenvalue weighted by molar-refractivity contribution is 6.01. The van der Waals surface area contributed by atoms with Gasteiger partial charge in [0.1, 0.15) is 5.84 Å². The van der Waals surface area contributed by atoms with Gasteiger partial charge in [0.2, 0.25) is 5.91 Å². The first-order valence-electron chi connectivity index (χ1n) is 10.8. The van der Waals surface area contributed by atoms with Crippen LogP contribution in [-0.4, -0.2) is 18.0 Å². The zero-order chi connectivity index (χ0) is 21.6. The molecule has 0 aromatic rings. The van der Waals surface area contributed by atoms with Crippen LogP contribution in [0.1, 0.15) is 71.6 Å². The van der Waals surface area contributed by atoms with Crippen LogP contribution in [0, 0.1) is 11.3 Å². The molecule has 3 N–H and O–H groups in total. The second-order valence-electron chi connectivity index (χ2n) is 6.71. The lowest BCUT2D eigenvalue weighted by atomic mass is 10.1. The lowest BCUT2D eigenvalue weighted by molar-refractivity contribution is -0.117. The molecule has 29 heavy (non-hydrogen) atoms. The van der Waals surface area contributed by atoms with Gasteiger partial charge in [-0.15, -0.1) is 0 Å². The summed E-state index contributed by atoms with van der Waals surface area (Å²) in [4.78, 5) is 15.6. The Hall–Kier alpha value is -2.49. The molecule has 1 amide bonds. The number of nitrogens with two attached hydrogens (primary N) is 1. The summed E-state index contributed by atoms with van der Waals surface area (Å²) >= 11 is 0. The summed E-state index contributed by atoms with van der Waals surface area (Å²) < 4.78 is 0. The highest BCUT2D eigenvalue weighted by atomic mass is 16.1. The molecule has 4 heteroatoms. The van der Waals surface area contributed by atoms with E-state index >= 15 is 0 Å². The van der Waals surface area contributed by atoms with E-state index in [0.29, 0.717) is 12.8 Å². The Morgan fingerprint density at radius 2 is 1.34 bits per heavy atom. The van der Waals surface area contributed by atoms with Crippen LogP contribution in [0.5, 0.6) is 0 Å². The van der Waals surface area contributed by atoms with E-state index in [-0.39, 0.29) is 17.7 Å². The van der Waals surface area contributed by atoms with Crippen molar-refractivity contribution in [2.75, 3.05) is 0 Å². The van der Waals surface area contributed by atoms with Crippen molar-refractivity contribution in [2.45, 2.75) is 71.6 Å². The maximum absolute atomic E-state index is 11.8. The van der Waals surface area contributed by atoms with Crippen LogP contribution >= 0.6 is 0 Å². The van der Waals surface area contributed by atoms with Gasteiger partial charge in [0, 0.05) is 12.6 Å². The summed E-state index contributed by atoms with van der Waals surface area (Å²) in [6.45, 7) is 4.07. The van der Waals surface area contributed by atoms with E-state index in [1.807, 2.05) is 6.92 Å². The molecule has 0 fully saturated rings. The first-order chi connectivity index (χ1) is 14.2. The van der Waals surface area contributed by atoms with Gasteiger partial charge >= 0.3 is 0 Å². The number of carbonyl (C=O) groups is 1. The molecule has 0 radical (unpaired) electrons. The quantitative estimate of drug-likeness (QED) is 0.135. The van der Waals surface area contributed by atoms with E-state index in [0.717, 1.165) is 44.9 Å². The Bertz CT molecular complexity index is 610. The Morgan fingerprint density at radius 1 is 0.862 bits per heavy atom. The van der Waals surface area contributed by atoms with Crippen LogP contribution in [0.4, 0.5) is 0 Å². The smallest absolute Gasteiger partial charge is 0.247 e. The summed E-state index contributed by atoms with van der Waals surface area (Å²) in [5.74, 6) is -0.178. The number of aliphatic imine (C=N–C) groups is 1. The Labute approximate surface area is 177 Å². The second-order valence-corrected chi connectivity index (χ2v) is 6.71. The molecule has 4 nitrogen and oxygen atoms in total. The van der Waals surface area contributed by atoms with Crippen LogP contribution in [0.25, 0.3) is 0 Å². The number of amides is 1. The average Bonchev–Trinajstić information content (AvgIpc) is 2.71. The Kier molecular flexibility index (Phi) is 18.5. The first kappa shape index (κ1) is 26.5. The number of amidine groups is 1. The highest BCUT2D eigenvalue weighted by Gasteiger charge is 2.09. The van der Waals surface area contributed by atoms with E-state index < -0.39 is 0 Å². The molecule has 0 heterocycles. The first-order valence-corrected chi connectivity index (χ1v) is 10.8. The molecule has 0 aliphatic rings. The standard InChI is InChI=1S/C25H39N3O/c1-3-5-6-7-8-9-10-11-12-13-14-15-16-17-18-19-20-21-24(29)28-25(27)23(4-2)22-26/h5-6,8-9,11-12,14-15,17-18,22-23,26H,3-4,7,10,13,16,19-21H2,1-2H3,(H2,27,28,29). The van der Waals surface area contributed by atoms with E-state index in [2.05, 4.69) is 72.7 Å². The largest absolute Gasteiger partial charge is 0.387 e. The Morgan fingerprint density at radius 3 is 1.79 bits per heavy atom. The third kappa shape index (κ3) is 17.3. The molecule has 0 aliphatic heterocycles. The summed E-state index contributed by atoms with van der Waals surface area (Å²) in [5, 5.41) is 7.25. The predicted molar refractivity (Wildman–Crippen MR) is 128 cm³/mol. The van der Waals surface area contributed by atoms with E-state index in [4.69, 9.17) is 11.1 Å². The SMILES string of the molecule is CCC=CCC=CCC=CCC=CCC=CCCCC(=O)N=C(N)C(C=N)CC. The Balaban J connectivity index is 3.77. The van der Waals surface area contributed by atoms with E-state index in [9.17, 15) is 4.79 Å². The van der Waals surface area contributed by atoms with Crippen LogP contribution in [0.15, 0.2) is 65.8 Å². The normalized spacial score (nSPS) is 14.2. The molecule has 160 valence electrons. The van der Waals surface area contributed by atoms with Gasteiger partial charge in [0.25, 0.3) is 0 Å². The fraction of sp³-hybridized carbons (Fsp3) is 0.480. The van der Waals surface area contributed by atoms with E-state index in [1.165, 1.54) is 6.21 Å². The molecule has 0 saturated carbocycles. The van der Waals surface area contributed by atoms with Crippen molar-refractivity contribution < 1.29 is 4.79 Å². The van der Waals surface area contributed by atoms with Crippen molar-refractivity contribution in [3.63, 3.8) is 0 Å². The molecule has 1 atom stereocenters. The summed E-state index contributed by atoms with van der Waals surface area (Å²) in [6, 6.07) is 0. The number of carbonyl (C=O) groups excluding carboxylic acids is 1. The number of hydrogen-bond donors (Lipinski definition) is 2. The molecule has 0 rings (SSSR count). The molecular weight excluding hydrogens is 358 g/mol. The van der Waals surface area contributed by atoms with Crippen molar-refractivity contribution in [1.82, 2.24) is 0 Å². The minimum atomic E-state index is -0.232. The lowest BCUT2D eigenvalue weighted by Crippen LogP contribution is -2.25. The summed E-state index contributed by atoms with van der Waals surface area (Å²) in [7, 11) is 0. The highest BCUT2D eigenvalue weighted by Crippen LogP contribution is 2.03. The van der Waals surface area contributed by atoms with Crippen molar-refractivity contribution in [3.8, 4) is 0 Å². The molecular formula is C25H39N3O. The molecule has 1 unspecified atom stereocenters. The lowest BCUT2D eigenvalue weighted by Gasteiger charge is -2.06. The second kappa shape index (κ2) is 20.2. The van der Waals surface area contributed by atoms with Crippen LogP contribution < -0.4 is 5.73 Å². The van der Waals surface area contributed by atoms with Gasteiger partial charge in [-0.25, -0.2) is 4.99 Å². The summed E-state index contributed by atoms with van der Waals surface area (Å²) in [6.07, 6.45) is 30.6. The molecule has 0 aromatic heterocycles. The average molecular weight is 398 g/mol. The molecule has 0 aromatic carbocycles. The zero-order valence-corrected chi connectivity index (χ0v) is 18.2.